The number of thiazole rings is 1. The van der Waals surface area contributed by atoms with Gasteiger partial charge in [-0.1, -0.05) is 72.0 Å². The molecule has 1 N–H and O–H groups in total. The summed E-state index contributed by atoms with van der Waals surface area (Å²) in [5.74, 6) is -4.85. The summed E-state index contributed by atoms with van der Waals surface area (Å²) in [5, 5.41) is 2.76. The minimum atomic E-state index is -1.55. The Balaban J connectivity index is 1.45. The smallest absolute Gasteiger partial charge is 0.339 e. The van der Waals surface area contributed by atoms with E-state index in [2.05, 4.69) is 10.3 Å². The Labute approximate surface area is 210 Å². The molecule has 5 rings (SSSR count). The maximum Gasteiger partial charge on any atom is 0.339 e. The number of nitrogens with one attached hydrogen (secondary N) is 1. The molecular formula is C28H20N2O5S. The molecule has 0 spiro atoms. The van der Waals surface area contributed by atoms with Crippen LogP contribution in [0, 0.1) is 12.8 Å². The number of cyclic esters (lactones) is 1. The summed E-state index contributed by atoms with van der Waals surface area (Å²) in [7, 11) is 0. The van der Waals surface area contributed by atoms with E-state index in [9.17, 15) is 19.2 Å². The Morgan fingerprint density at radius 3 is 2.58 bits per heavy atom. The largest absolute Gasteiger partial charge is 0.453 e. The molecule has 3 aromatic carbocycles. The molecule has 0 saturated carbocycles. The summed E-state index contributed by atoms with van der Waals surface area (Å²) in [6, 6.07) is 21.3. The number of nitrogens with zero attached hydrogens (tertiary/aromatic N) is 1. The van der Waals surface area contributed by atoms with Gasteiger partial charge in [-0.05, 0) is 42.3 Å². The van der Waals surface area contributed by atoms with Crippen molar-refractivity contribution < 1.29 is 23.9 Å². The molecule has 0 unspecified atom stereocenters. The van der Waals surface area contributed by atoms with E-state index in [0.717, 1.165) is 15.8 Å². The number of allylic oxidation sites excluding steroid dienone is 1. The van der Waals surface area contributed by atoms with Crippen LogP contribution in [0.25, 0.3) is 16.3 Å². The molecule has 4 aromatic rings. The van der Waals surface area contributed by atoms with Gasteiger partial charge in [-0.25, -0.2) is 9.78 Å². The zero-order valence-corrected chi connectivity index (χ0v) is 20.0. The summed E-state index contributed by atoms with van der Waals surface area (Å²) < 4.78 is 6.30. The predicted octanol–water partition coefficient (Wildman–Crippen LogP) is 4.92. The second-order valence-corrected chi connectivity index (χ2v) is 9.38. The van der Waals surface area contributed by atoms with E-state index in [4.69, 9.17) is 4.74 Å². The second-order valence-electron chi connectivity index (χ2n) is 8.35. The van der Waals surface area contributed by atoms with Crippen molar-refractivity contribution in [1.29, 1.82) is 0 Å². The zero-order chi connectivity index (χ0) is 25.2. The fourth-order valence-electron chi connectivity index (χ4n) is 4.07. The maximum atomic E-state index is 13.4. The van der Waals surface area contributed by atoms with Crippen molar-refractivity contribution in [3.63, 3.8) is 0 Å². The summed E-state index contributed by atoms with van der Waals surface area (Å²) >= 11 is 1.23. The highest BCUT2D eigenvalue weighted by Crippen LogP contribution is 2.37. The van der Waals surface area contributed by atoms with Crippen molar-refractivity contribution in [2.45, 2.75) is 13.0 Å². The molecule has 8 heteroatoms. The van der Waals surface area contributed by atoms with Crippen LogP contribution in [0.1, 0.15) is 33.2 Å². The first kappa shape index (κ1) is 23.3. The molecule has 0 aliphatic carbocycles. The number of aryl methyl sites for hydroxylation is 1. The van der Waals surface area contributed by atoms with Crippen LogP contribution in [-0.4, -0.2) is 28.4 Å². The lowest BCUT2D eigenvalue weighted by atomic mass is 9.87. The highest BCUT2D eigenvalue weighted by Gasteiger charge is 2.45. The molecule has 0 radical (unpaired) electrons. The van der Waals surface area contributed by atoms with Gasteiger partial charge in [0.25, 0.3) is 5.91 Å². The van der Waals surface area contributed by atoms with Gasteiger partial charge in [0.15, 0.2) is 10.9 Å². The third-order valence-corrected chi connectivity index (χ3v) is 6.77. The highest BCUT2D eigenvalue weighted by atomic mass is 32.1. The van der Waals surface area contributed by atoms with Crippen molar-refractivity contribution in [1.82, 2.24) is 4.98 Å². The lowest BCUT2D eigenvalue weighted by Crippen LogP contribution is -2.37. The average Bonchev–Trinajstić information content (AvgIpc) is 3.43. The van der Waals surface area contributed by atoms with Crippen LogP contribution in [0.3, 0.4) is 0 Å². The van der Waals surface area contributed by atoms with E-state index in [-0.39, 0.29) is 10.7 Å². The second kappa shape index (κ2) is 9.67. The summed E-state index contributed by atoms with van der Waals surface area (Å²) in [6.07, 6.45) is 1.58. The van der Waals surface area contributed by atoms with E-state index in [1.54, 1.807) is 42.5 Å². The number of rotatable bonds is 7. The first-order valence-electron chi connectivity index (χ1n) is 11.2. The molecule has 178 valence electrons. The van der Waals surface area contributed by atoms with Gasteiger partial charge >= 0.3 is 5.97 Å². The molecule has 7 nitrogen and oxygen atoms in total. The Morgan fingerprint density at radius 2 is 1.78 bits per heavy atom. The first-order valence-corrected chi connectivity index (χ1v) is 12.0. The van der Waals surface area contributed by atoms with Crippen LogP contribution < -0.4 is 5.32 Å². The number of hydrogen-bond acceptors (Lipinski definition) is 7. The highest BCUT2D eigenvalue weighted by molar-refractivity contribution is 7.22. The number of esters is 1. The fraction of sp³-hybridized carbons (Fsp3) is 0.107. The SMILES string of the molecule is Cc1ccc2nc(NC(=O)C(=O)[C@@H](C(=O)/C=C/c3ccccc3)[C@@H]3OC(=O)c4ccccc43)sc2c1. The monoisotopic (exact) mass is 496 g/mol. The Kier molecular flexibility index (Phi) is 6.26. The average molecular weight is 497 g/mol. The van der Waals surface area contributed by atoms with Crippen molar-refractivity contribution in [3.8, 4) is 0 Å². The third-order valence-electron chi connectivity index (χ3n) is 5.84. The van der Waals surface area contributed by atoms with Crippen molar-refractivity contribution in [2.75, 3.05) is 5.32 Å². The topological polar surface area (TPSA) is 102 Å². The van der Waals surface area contributed by atoms with Gasteiger partial charge in [-0.15, -0.1) is 0 Å². The minimum Gasteiger partial charge on any atom is -0.453 e. The third kappa shape index (κ3) is 4.58. The van der Waals surface area contributed by atoms with Crippen molar-refractivity contribution >= 4 is 56.2 Å². The van der Waals surface area contributed by atoms with Gasteiger partial charge in [0.1, 0.15) is 12.0 Å². The molecule has 2 heterocycles. The van der Waals surface area contributed by atoms with Crippen LogP contribution in [-0.2, 0) is 19.1 Å². The Bertz CT molecular complexity index is 1540. The lowest BCUT2D eigenvalue weighted by Gasteiger charge is -2.19. The van der Waals surface area contributed by atoms with Gasteiger partial charge in [-0.2, -0.15) is 0 Å². The molecule has 2 atom stereocenters. The van der Waals surface area contributed by atoms with E-state index in [1.807, 2.05) is 43.3 Å². The molecule has 36 heavy (non-hydrogen) atoms. The summed E-state index contributed by atoms with van der Waals surface area (Å²) in [4.78, 5) is 56.5. The zero-order valence-electron chi connectivity index (χ0n) is 19.1. The molecule has 1 aromatic heterocycles. The molecule has 1 aliphatic rings. The standard InChI is InChI=1S/C28H20N2O5S/c1-16-11-13-20-22(15-16)36-28(29-20)30-26(33)24(32)23(21(31)14-12-17-7-3-2-4-8-17)25-18-9-5-6-10-19(18)27(34)35-25/h2-15,23,25H,1H3,(H,29,30,33)/b14-12+/t23-,25-/m1/s1. The van der Waals surface area contributed by atoms with Crippen LogP contribution in [0.15, 0.2) is 78.9 Å². The molecule has 0 fully saturated rings. The number of ether oxygens (including phenoxy) is 1. The van der Waals surface area contributed by atoms with E-state index in [1.165, 1.54) is 17.4 Å². The number of amides is 1. The van der Waals surface area contributed by atoms with Crippen molar-refractivity contribution in [3.05, 3.63) is 101 Å². The van der Waals surface area contributed by atoms with Gasteiger partial charge in [0.2, 0.25) is 5.78 Å². The summed E-state index contributed by atoms with van der Waals surface area (Å²) in [5.41, 5.74) is 3.13. The number of fused-ring (bicyclic) bond motifs is 2. The van der Waals surface area contributed by atoms with E-state index in [0.29, 0.717) is 11.1 Å². The Morgan fingerprint density at radius 1 is 1.03 bits per heavy atom. The molecular weight excluding hydrogens is 476 g/mol. The number of carbonyl (C=O) groups excluding carboxylic acids is 4. The van der Waals surface area contributed by atoms with Gasteiger partial charge in [0, 0.05) is 5.56 Å². The summed E-state index contributed by atoms with van der Waals surface area (Å²) in [6.45, 7) is 1.95. The predicted molar refractivity (Wildman–Crippen MR) is 137 cm³/mol. The van der Waals surface area contributed by atoms with E-state index < -0.39 is 35.5 Å². The van der Waals surface area contributed by atoms with Crippen molar-refractivity contribution in [2.24, 2.45) is 5.92 Å². The van der Waals surface area contributed by atoms with Gasteiger partial charge in [-0.3, -0.25) is 19.7 Å². The number of aromatic nitrogens is 1. The van der Waals surface area contributed by atoms with Crippen LogP contribution in [0.5, 0.6) is 0 Å². The molecule has 0 saturated heterocycles. The molecule has 1 amide bonds. The van der Waals surface area contributed by atoms with Crippen LogP contribution in [0.2, 0.25) is 0 Å². The number of ketones is 2. The lowest BCUT2D eigenvalue weighted by molar-refractivity contribution is -0.143. The van der Waals surface area contributed by atoms with Crippen LogP contribution in [0.4, 0.5) is 5.13 Å². The van der Waals surface area contributed by atoms with Gasteiger partial charge < -0.3 is 4.74 Å². The fourth-order valence-corrected chi connectivity index (χ4v) is 5.03. The number of Topliss-reactive ketones (excluding diaryl/α,β-unsaturated/α-hetero) is 1. The maximum absolute atomic E-state index is 13.4. The van der Waals surface area contributed by atoms with Crippen LogP contribution >= 0.6 is 11.3 Å². The number of hydrogen-bond donors (Lipinski definition) is 1. The Hall–Kier alpha value is -4.43. The number of benzene rings is 3. The van der Waals surface area contributed by atoms with Gasteiger partial charge in [0.05, 0.1) is 15.8 Å². The molecule has 1 aliphatic heterocycles. The van der Waals surface area contributed by atoms with E-state index >= 15 is 0 Å². The number of anilines is 1. The molecule has 0 bridgehead atoms. The first-order chi connectivity index (χ1) is 17.4. The number of carbonyl (C=O) groups is 4. The quantitative estimate of drug-likeness (QED) is 0.169. The normalized spacial score (nSPS) is 15.5. The minimum absolute atomic E-state index is 0.240.